The molecule has 0 aliphatic carbocycles. The number of anilines is 1. The Hall–Kier alpha value is -1.11. The number of sulfonamides is 1. The van der Waals surface area contributed by atoms with Gasteiger partial charge in [0.2, 0.25) is 10.0 Å². The molecule has 20 heavy (non-hydrogen) atoms. The van der Waals surface area contributed by atoms with E-state index in [2.05, 4.69) is 0 Å². The lowest BCUT2D eigenvalue weighted by atomic mass is 10.1. The Labute approximate surface area is 121 Å². The summed E-state index contributed by atoms with van der Waals surface area (Å²) in [7, 11) is -2.00. The lowest BCUT2D eigenvalue weighted by molar-refractivity contribution is 0.281. The molecule has 0 radical (unpaired) electrons. The number of nitrogen functional groups attached to an aromatic ring is 1. The smallest absolute Gasteiger partial charge is 0.245 e. The second-order valence-corrected chi connectivity index (χ2v) is 7.02. The molecule has 0 aromatic heterocycles. The van der Waals surface area contributed by atoms with Gasteiger partial charge in [-0.3, -0.25) is 0 Å². The Balaban J connectivity index is 2.96. The Bertz CT molecular complexity index is 556. The average Bonchev–Trinajstić information content (AvgIpc) is 2.39. The van der Waals surface area contributed by atoms with Crippen LogP contribution < -0.4 is 5.73 Å². The van der Waals surface area contributed by atoms with Crippen LogP contribution in [0.2, 0.25) is 0 Å². The van der Waals surface area contributed by atoms with E-state index in [0.29, 0.717) is 18.5 Å². The summed E-state index contributed by atoms with van der Waals surface area (Å²) < 4.78 is 26.5. The van der Waals surface area contributed by atoms with E-state index in [4.69, 9.17) is 10.8 Å². The van der Waals surface area contributed by atoms with E-state index in [-0.39, 0.29) is 17.2 Å². The molecule has 5 nitrogen and oxygen atoms in total. The van der Waals surface area contributed by atoms with E-state index in [1.54, 1.807) is 20.0 Å². The van der Waals surface area contributed by atoms with E-state index in [1.807, 2.05) is 13.0 Å². The van der Waals surface area contributed by atoms with Gasteiger partial charge in [0, 0.05) is 20.2 Å². The van der Waals surface area contributed by atoms with Crippen LogP contribution in [-0.2, 0) is 10.0 Å². The normalized spacial score (nSPS) is 12.1. The lowest BCUT2D eigenvalue weighted by Crippen LogP contribution is -2.29. The van der Waals surface area contributed by atoms with Crippen LogP contribution in [0.5, 0.6) is 0 Å². The van der Waals surface area contributed by atoms with Crippen molar-refractivity contribution in [3.8, 4) is 0 Å². The molecule has 1 rings (SSSR count). The maximum absolute atomic E-state index is 12.6. The van der Waals surface area contributed by atoms with Gasteiger partial charge in [0.05, 0.1) is 5.69 Å². The minimum absolute atomic E-state index is 0.139. The molecule has 0 heterocycles. The third kappa shape index (κ3) is 3.71. The zero-order valence-corrected chi connectivity index (χ0v) is 13.2. The van der Waals surface area contributed by atoms with Gasteiger partial charge in [-0.1, -0.05) is 6.07 Å². The highest BCUT2D eigenvalue weighted by atomic mass is 32.2. The summed E-state index contributed by atoms with van der Waals surface area (Å²) in [5.41, 5.74) is 7.75. The predicted molar refractivity (Wildman–Crippen MR) is 81.1 cm³/mol. The molecule has 0 spiro atoms. The molecule has 0 saturated carbocycles. The molecule has 0 aliphatic rings. The van der Waals surface area contributed by atoms with Crippen LogP contribution in [0.3, 0.4) is 0 Å². The van der Waals surface area contributed by atoms with Gasteiger partial charge in [-0.25, -0.2) is 12.7 Å². The largest absolute Gasteiger partial charge is 0.398 e. The summed E-state index contributed by atoms with van der Waals surface area (Å²) >= 11 is 0. The van der Waals surface area contributed by atoms with Crippen LogP contribution in [0.15, 0.2) is 17.0 Å². The minimum Gasteiger partial charge on any atom is -0.398 e. The highest BCUT2D eigenvalue weighted by Gasteiger charge is 2.25. The molecule has 0 bridgehead atoms. The number of aliphatic hydroxyl groups is 1. The van der Waals surface area contributed by atoms with Crippen LogP contribution in [0.25, 0.3) is 0 Å². The second-order valence-electron chi connectivity index (χ2n) is 5.04. The number of rotatable bonds is 7. The minimum atomic E-state index is -3.56. The van der Waals surface area contributed by atoms with Gasteiger partial charge < -0.3 is 10.8 Å². The molecule has 1 aromatic rings. The summed E-state index contributed by atoms with van der Waals surface area (Å²) in [6, 6.07) is 3.46. The first-order chi connectivity index (χ1) is 9.32. The molecule has 114 valence electrons. The van der Waals surface area contributed by atoms with Crippen LogP contribution >= 0.6 is 0 Å². The van der Waals surface area contributed by atoms with Gasteiger partial charge in [-0.15, -0.1) is 0 Å². The Morgan fingerprint density at radius 2 is 1.85 bits per heavy atom. The van der Waals surface area contributed by atoms with Crippen LogP contribution in [0.1, 0.15) is 30.4 Å². The zero-order chi connectivity index (χ0) is 15.3. The zero-order valence-electron chi connectivity index (χ0n) is 12.4. The molecule has 0 fully saturated rings. The first kappa shape index (κ1) is 16.9. The standard InChI is InChI=1S/C14H24N2O3S/c1-11-7-8-13(15)14(12(11)2)20(18,19)16(3)9-5-4-6-10-17/h7-8,17H,4-6,9-10,15H2,1-3H3. The fourth-order valence-electron chi connectivity index (χ4n) is 2.05. The highest BCUT2D eigenvalue weighted by Crippen LogP contribution is 2.27. The van der Waals surface area contributed by atoms with Gasteiger partial charge in [0.15, 0.2) is 0 Å². The molecular formula is C14H24N2O3S. The fraction of sp³-hybridized carbons (Fsp3) is 0.571. The third-order valence-corrected chi connectivity index (χ3v) is 5.57. The molecule has 1 aromatic carbocycles. The molecule has 3 N–H and O–H groups in total. The molecule has 0 atom stereocenters. The summed E-state index contributed by atoms with van der Waals surface area (Å²) in [6.45, 7) is 4.21. The lowest BCUT2D eigenvalue weighted by Gasteiger charge is -2.20. The van der Waals surface area contributed by atoms with E-state index >= 15 is 0 Å². The highest BCUT2D eigenvalue weighted by molar-refractivity contribution is 7.89. The fourth-order valence-corrected chi connectivity index (χ4v) is 3.65. The number of aliphatic hydroxyl groups excluding tert-OH is 1. The number of unbranched alkanes of at least 4 members (excludes halogenated alkanes) is 2. The van der Waals surface area contributed by atoms with Gasteiger partial charge in [0.25, 0.3) is 0 Å². The van der Waals surface area contributed by atoms with E-state index < -0.39 is 10.0 Å². The molecule has 0 aliphatic heterocycles. The molecule has 0 amide bonds. The van der Waals surface area contributed by atoms with E-state index in [9.17, 15) is 8.42 Å². The molecule has 0 saturated heterocycles. The number of nitrogens with zero attached hydrogens (tertiary/aromatic N) is 1. The molecular weight excluding hydrogens is 276 g/mol. The topological polar surface area (TPSA) is 83.6 Å². The first-order valence-corrected chi connectivity index (χ1v) is 8.19. The van der Waals surface area contributed by atoms with E-state index in [1.165, 1.54) is 4.31 Å². The van der Waals surface area contributed by atoms with Crippen LogP contribution in [-0.4, -0.2) is 38.0 Å². The van der Waals surface area contributed by atoms with Crippen molar-refractivity contribution in [2.75, 3.05) is 25.9 Å². The second kappa shape index (κ2) is 7.06. The van der Waals surface area contributed by atoms with Gasteiger partial charge in [0.1, 0.15) is 4.90 Å². The maximum atomic E-state index is 12.6. The van der Waals surface area contributed by atoms with Crippen molar-refractivity contribution in [1.29, 1.82) is 0 Å². The Morgan fingerprint density at radius 3 is 2.45 bits per heavy atom. The van der Waals surface area contributed by atoms with Crippen molar-refractivity contribution in [3.63, 3.8) is 0 Å². The van der Waals surface area contributed by atoms with Gasteiger partial charge in [-0.2, -0.15) is 0 Å². The number of benzene rings is 1. The van der Waals surface area contributed by atoms with Crippen molar-refractivity contribution < 1.29 is 13.5 Å². The SMILES string of the molecule is Cc1ccc(N)c(S(=O)(=O)N(C)CCCCCO)c1C. The number of aryl methyl sites for hydroxylation is 1. The number of hydrogen-bond donors (Lipinski definition) is 2. The van der Waals surface area contributed by atoms with Gasteiger partial charge >= 0.3 is 0 Å². The van der Waals surface area contributed by atoms with Crippen molar-refractivity contribution >= 4 is 15.7 Å². The summed E-state index contributed by atoms with van der Waals surface area (Å²) in [6.07, 6.45) is 2.22. The Morgan fingerprint density at radius 1 is 1.20 bits per heavy atom. The van der Waals surface area contributed by atoms with E-state index in [0.717, 1.165) is 18.4 Å². The average molecular weight is 300 g/mol. The first-order valence-electron chi connectivity index (χ1n) is 6.75. The quantitative estimate of drug-likeness (QED) is 0.592. The van der Waals surface area contributed by atoms with Crippen LogP contribution in [0.4, 0.5) is 5.69 Å². The summed E-state index contributed by atoms with van der Waals surface area (Å²) in [4.78, 5) is 0.210. The molecule has 0 unspecified atom stereocenters. The van der Waals surface area contributed by atoms with Crippen molar-refractivity contribution in [2.24, 2.45) is 0 Å². The van der Waals surface area contributed by atoms with Crippen LogP contribution in [0, 0.1) is 13.8 Å². The maximum Gasteiger partial charge on any atom is 0.245 e. The third-order valence-electron chi connectivity index (χ3n) is 3.51. The summed E-state index contributed by atoms with van der Waals surface area (Å²) in [5.74, 6) is 0. The number of hydrogen-bond acceptors (Lipinski definition) is 4. The summed E-state index contributed by atoms with van der Waals surface area (Å²) in [5, 5.41) is 8.72. The Kier molecular flexibility index (Phi) is 5.98. The van der Waals surface area contributed by atoms with Crippen molar-refractivity contribution in [1.82, 2.24) is 4.31 Å². The number of nitrogens with two attached hydrogens (primary N) is 1. The van der Waals surface area contributed by atoms with Crippen molar-refractivity contribution in [3.05, 3.63) is 23.3 Å². The van der Waals surface area contributed by atoms with Gasteiger partial charge in [-0.05, 0) is 50.3 Å². The molecule has 6 heteroatoms. The predicted octanol–water partition coefficient (Wildman–Crippen LogP) is 1.67. The van der Waals surface area contributed by atoms with Crippen molar-refractivity contribution in [2.45, 2.75) is 38.0 Å². The monoisotopic (exact) mass is 300 g/mol.